The number of hydrogen-bond donors (Lipinski definition) is 1. The molecule has 1 aromatic carbocycles. The van der Waals surface area contributed by atoms with Crippen LogP contribution in [0.3, 0.4) is 0 Å². The standard InChI is InChI=1S/C24H28BrN3OS/c1-15-5-9-18(10-6-15)28(2)11-3-4-21-22(25)20(14-26)24(30-21)27-23(29)19-13-16-7-8-17(19)12-16/h5-6,9-10,16-17,19H,3-4,7-8,11-13H2,1-2H3,(H,27,29)/t16?,17?,19-/m1/s1. The molecule has 1 aromatic heterocycles. The van der Waals surface area contributed by atoms with Crippen molar-refractivity contribution in [1.82, 2.24) is 0 Å². The SMILES string of the molecule is Cc1ccc(N(C)CCCc2sc(NC(=O)[C@@H]3CC4CCC3C4)c(C#N)c2Br)cc1. The van der Waals surface area contributed by atoms with E-state index in [-0.39, 0.29) is 11.8 Å². The van der Waals surface area contributed by atoms with Crippen molar-refractivity contribution < 1.29 is 4.79 Å². The molecule has 30 heavy (non-hydrogen) atoms. The lowest BCUT2D eigenvalue weighted by molar-refractivity contribution is -0.121. The Labute approximate surface area is 191 Å². The average Bonchev–Trinajstić information content (AvgIpc) is 3.44. The molecule has 2 aliphatic carbocycles. The van der Waals surface area contributed by atoms with Crippen LogP contribution >= 0.6 is 27.3 Å². The summed E-state index contributed by atoms with van der Waals surface area (Å²) < 4.78 is 0.844. The summed E-state index contributed by atoms with van der Waals surface area (Å²) in [4.78, 5) is 16.2. The maximum Gasteiger partial charge on any atom is 0.228 e. The molecule has 0 saturated heterocycles. The molecule has 158 valence electrons. The van der Waals surface area contributed by atoms with Gasteiger partial charge in [0.1, 0.15) is 16.6 Å². The van der Waals surface area contributed by atoms with Gasteiger partial charge in [-0.1, -0.05) is 24.1 Å². The van der Waals surface area contributed by atoms with E-state index in [1.165, 1.54) is 30.5 Å². The van der Waals surface area contributed by atoms with Crippen LogP contribution in [0, 0.1) is 36.0 Å². The predicted molar refractivity (Wildman–Crippen MR) is 127 cm³/mol. The van der Waals surface area contributed by atoms with Gasteiger partial charge in [0, 0.05) is 30.1 Å². The van der Waals surface area contributed by atoms with Crippen molar-refractivity contribution in [2.45, 2.75) is 45.4 Å². The number of amides is 1. The first kappa shape index (κ1) is 21.4. The first-order chi connectivity index (χ1) is 14.5. The number of thiophene rings is 1. The number of nitrogens with one attached hydrogen (secondary N) is 1. The van der Waals surface area contributed by atoms with Crippen LogP contribution in [-0.2, 0) is 11.2 Å². The Morgan fingerprint density at radius 2 is 2.07 bits per heavy atom. The number of benzene rings is 1. The lowest BCUT2D eigenvalue weighted by Gasteiger charge is -2.20. The topological polar surface area (TPSA) is 56.1 Å². The Balaban J connectivity index is 1.37. The van der Waals surface area contributed by atoms with E-state index in [0.29, 0.717) is 16.5 Å². The minimum Gasteiger partial charge on any atom is -0.375 e. The van der Waals surface area contributed by atoms with Gasteiger partial charge < -0.3 is 10.2 Å². The highest BCUT2D eigenvalue weighted by atomic mass is 79.9. The maximum absolute atomic E-state index is 12.8. The van der Waals surface area contributed by atoms with Crippen LogP contribution < -0.4 is 10.2 Å². The van der Waals surface area contributed by atoms with E-state index in [9.17, 15) is 10.1 Å². The second kappa shape index (κ2) is 9.11. The van der Waals surface area contributed by atoms with Gasteiger partial charge in [0.25, 0.3) is 0 Å². The molecule has 1 heterocycles. The number of halogens is 1. The lowest BCUT2D eigenvalue weighted by Crippen LogP contribution is -2.27. The number of nitrogens with zero attached hydrogens (tertiary/aromatic N) is 2. The zero-order valence-electron chi connectivity index (χ0n) is 17.6. The number of nitriles is 1. The monoisotopic (exact) mass is 485 g/mol. The summed E-state index contributed by atoms with van der Waals surface area (Å²) in [5.74, 6) is 1.51. The molecule has 3 atom stereocenters. The van der Waals surface area contributed by atoms with E-state index in [1.54, 1.807) is 11.3 Å². The molecular weight excluding hydrogens is 458 g/mol. The summed E-state index contributed by atoms with van der Waals surface area (Å²) in [5, 5.41) is 13.5. The first-order valence-corrected chi connectivity index (χ1v) is 12.4. The summed E-state index contributed by atoms with van der Waals surface area (Å²) in [6.45, 7) is 3.03. The Kier molecular flexibility index (Phi) is 6.50. The van der Waals surface area contributed by atoms with Crippen molar-refractivity contribution in [3.8, 4) is 6.07 Å². The molecule has 4 nitrogen and oxygen atoms in total. The molecule has 1 amide bonds. The fourth-order valence-electron chi connectivity index (χ4n) is 4.98. The second-order valence-electron chi connectivity index (χ2n) is 8.79. The summed E-state index contributed by atoms with van der Waals surface area (Å²) in [6, 6.07) is 10.8. The molecular formula is C24H28BrN3OS. The molecule has 6 heteroatoms. The van der Waals surface area contributed by atoms with Crippen LogP contribution in [0.1, 0.15) is 48.1 Å². The van der Waals surface area contributed by atoms with Crippen LogP contribution in [0.4, 0.5) is 10.7 Å². The van der Waals surface area contributed by atoms with E-state index in [1.807, 2.05) is 0 Å². The van der Waals surface area contributed by atoms with Crippen molar-refractivity contribution in [2.24, 2.45) is 17.8 Å². The highest BCUT2D eigenvalue weighted by Crippen LogP contribution is 2.49. The summed E-state index contributed by atoms with van der Waals surface area (Å²) >= 11 is 5.16. The number of anilines is 2. The third-order valence-electron chi connectivity index (χ3n) is 6.71. The van der Waals surface area contributed by atoms with Crippen molar-refractivity contribution >= 4 is 43.9 Å². The quantitative estimate of drug-likeness (QED) is 0.512. The molecule has 0 aliphatic heterocycles. The lowest BCUT2D eigenvalue weighted by atomic mass is 9.88. The third-order valence-corrected chi connectivity index (χ3v) is 9.01. The average molecular weight is 486 g/mol. The van der Waals surface area contributed by atoms with Gasteiger partial charge in [0.05, 0.1) is 4.47 Å². The fourth-order valence-corrected chi connectivity index (χ4v) is 6.93. The van der Waals surface area contributed by atoms with Crippen molar-refractivity contribution in [1.29, 1.82) is 5.26 Å². The summed E-state index contributed by atoms with van der Waals surface area (Å²) in [6.07, 6.45) is 6.54. The Morgan fingerprint density at radius 1 is 1.30 bits per heavy atom. The van der Waals surface area contributed by atoms with Gasteiger partial charge in [-0.05, 0) is 78.9 Å². The molecule has 2 aliphatic rings. The van der Waals surface area contributed by atoms with E-state index >= 15 is 0 Å². The number of carbonyl (C=O) groups is 1. The third kappa shape index (κ3) is 4.43. The second-order valence-corrected chi connectivity index (χ2v) is 10.7. The van der Waals surface area contributed by atoms with Crippen molar-refractivity contribution in [3.05, 3.63) is 44.7 Å². The van der Waals surface area contributed by atoms with Crippen LogP contribution in [0.5, 0.6) is 0 Å². The van der Waals surface area contributed by atoms with E-state index in [4.69, 9.17) is 0 Å². The zero-order valence-corrected chi connectivity index (χ0v) is 20.0. The maximum atomic E-state index is 12.8. The molecule has 2 aromatic rings. The van der Waals surface area contributed by atoms with Crippen molar-refractivity contribution in [2.75, 3.05) is 23.8 Å². The first-order valence-electron chi connectivity index (χ1n) is 10.8. The van der Waals surface area contributed by atoms with Crippen LogP contribution in [0.2, 0.25) is 0 Å². The molecule has 2 fully saturated rings. The summed E-state index contributed by atoms with van der Waals surface area (Å²) in [5.41, 5.74) is 3.04. The molecule has 0 radical (unpaired) electrons. The molecule has 1 N–H and O–H groups in total. The van der Waals surface area contributed by atoms with Gasteiger partial charge in [-0.15, -0.1) is 11.3 Å². The normalized spacial score (nSPS) is 22.1. The van der Waals surface area contributed by atoms with Gasteiger partial charge in [-0.3, -0.25) is 4.79 Å². The van der Waals surface area contributed by atoms with Gasteiger partial charge >= 0.3 is 0 Å². The van der Waals surface area contributed by atoms with Gasteiger partial charge in [0.2, 0.25) is 5.91 Å². The van der Waals surface area contributed by atoms with E-state index in [2.05, 4.69) is 70.5 Å². The van der Waals surface area contributed by atoms with Crippen LogP contribution in [-0.4, -0.2) is 19.5 Å². The summed E-state index contributed by atoms with van der Waals surface area (Å²) in [7, 11) is 2.11. The van der Waals surface area contributed by atoms with Crippen LogP contribution in [0.15, 0.2) is 28.7 Å². The molecule has 2 bridgehead atoms. The number of fused-ring (bicyclic) bond motifs is 2. The van der Waals surface area contributed by atoms with Gasteiger partial charge in [-0.2, -0.15) is 5.26 Å². The van der Waals surface area contributed by atoms with Gasteiger partial charge in [0.15, 0.2) is 0 Å². The van der Waals surface area contributed by atoms with E-state index in [0.717, 1.165) is 41.1 Å². The molecule has 2 saturated carbocycles. The highest BCUT2D eigenvalue weighted by Gasteiger charge is 2.43. The molecule has 4 rings (SSSR count). The Morgan fingerprint density at radius 3 is 2.70 bits per heavy atom. The zero-order chi connectivity index (χ0) is 21.3. The van der Waals surface area contributed by atoms with Crippen molar-refractivity contribution in [3.63, 3.8) is 0 Å². The minimum atomic E-state index is 0.109. The number of rotatable bonds is 7. The van der Waals surface area contributed by atoms with Gasteiger partial charge in [-0.25, -0.2) is 0 Å². The molecule has 2 unspecified atom stereocenters. The number of hydrogen-bond acceptors (Lipinski definition) is 4. The predicted octanol–water partition coefficient (Wildman–Crippen LogP) is 6.13. The smallest absolute Gasteiger partial charge is 0.228 e. The largest absolute Gasteiger partial charge is 0.375 e. The Bertz CT molecular complexity index is 962. The molecule has 0 spiro atoms. The number of carbonyl (C=O) groups excluding carboxylic acids is 1. The highest BCUT2D eigenvalue weighted by molar-refractivity contribution is 9.10. The van der Waals surface area contributed by atoms with E-state index < -0.39 is 0 Å². The van der Waals surface area contributed by atoms with Crippen LogP contribution in [0.25, 0.3) is 0 Å². The fraction of sp³-hybridized carbons (Fsp3) is 0.500. The Hall–Kier alpha value is -1.84. The minimum absolute atomic E-state index is 0.109. The number of aryl methyl sites for hydroxylation is 2.